The molecule has 1 aromatic rings. The third-order valence-corrected chi connectivity index (χ3v) is 5.37. The molecule has 1 atom stereocenters. The number of benzene rings is 1. The van der Waals surface area contributed by atoms with Gasteiger partial charge in [0.25, 0.3) is 0 Å². The highest BCUT2D eigenvalue weighted by molar-refractivity contribution is 6.35. The average molecular weight is 340 g/mol. The molecule has 0 N–H and O–H groups in total. The van der Waals surface area contributed by atoms with Crippen molar-refractivity contribution in [3.8, 4) is 0 Å². The van der Waals surface area contributed by atoms with Crippen molar-refractivity contribution < 1.29 is 9.59 Å². The summed E-state index contributed by atoms with van der Waals surface area (Å²) in [6, 6.07) is 5.69. The number of amides is 1. The van der Waals surface area contributed by atoms with Crippen LogP contribution in [0.3, 0.4) is 0 Å². The molecule has 118 valence electrons. The number of hydrogen-bond donors (Lipinski definition) is 0. The fourth-order valence-corrected chi connectivity index (χ4v) is 3.99. The Kier molecular flexibility index (Phi) is 4.74. The largest absolute Gasteiger partial charge is 0.339 e. The summed E-state index contributed by atoms with van der Waals surface area (Å²) in [5, 5.41) is 1.24. The summed E-state index contributed by atoms with van der Waals surface area (Å²) in [6.45, 7) is 0.799. The lowest BCUT2D eigenvalue weighted by Crippen LogP contribution is -2.40. The Labute approximate surface area is 140 Å². The van der Waals surface area contributed by atoms with Gasteiger partial charge in [-0.15, -0.1) is 0 Å². The van der Waals surface area contributed by atoms with E-state index in [1.807, 2.05) is 17.0 Å². The lowest BCUT2D eigenvalue weighted by Gasteiger charge is -2.30. The van der Waals surface area contributed by atoms with Crippen molar-refractivity contribution in [1.29, 1.82) is 0 Å². The fourth-order valence-electron chi connectivity index (χ4n) is 3.50. The van der Waals surface area contributed by atoms with E-state index in [0.717, 1.165) is 31.4 Å². The standard InChI is InChI=1S/C17H19Cl2NO2/c18-13-2-1-11(16(19)10-13)9-12-7-8-20(17(12)22)14-3-5-15(21)6-4-14/h1-2,10,12,14H,3-9H2. The van der Waals surface area contributed by atoms with E-state index in [-0.39, 0.29) is 17.9 Å². The zero-order valence-corrected chi connectivity index (χ0v) is 13.9. The van der Waals surface area contributed by atoms with E-state index in [9.17, 15) is 9.59 Å². The molecule has 1 aliphatic heterocycles. The van der Waals surface area contributed by atoms with Crippen LogP contribution in [0.15, 0.2) is 18.2 Å². The first-order valence-corrected chi connectivity index (χ1v) is 8.56. The van der Waals surface area contributed by atoms with Crippen LogP contribution < -0.4 is 0 Å². The minimum atomic E-state index is -0.00342. The second-order valence-electron chi connectivity index (χ2n) is 6.23. The van der Waals surface area contributed by atoms with Gasteiger partial charge in [-0.3, -0.25) is 9.59 Å². The van der Waals surface area contributed by atoms with Crippen LogP contribution in [0.4, 0.5) is 0 Å². The van der Waals surface area contributed by atoms with Gasteiger partial charge in [-0.2, -0.15) is 0 Å². The fraction of sp³-hybridized carbons (Fsp3) is 0.529. The van der Waals surface area contributed by atoms with Crippen LogP contribution >= 0.6 is 23.2 Å². The molecule has 1 aromatic carbocycles. The highest BCUT2D eigenvalue weighted by Gasteiger charge is 2.37. The molecule has 3 rings (SSSR count). The molecule has 2 aliphatic rings. The minimum absolute atomic E-state index is 0.00342. The summed E-state index contributed by atoms with van der Waals surface area (Å²) in [4.78, 5) is 26.0. The number of hydrogen-bond acceptors (Lipinski definition) is 2. The van der Waals surface area contributed by atoms with Gasteiger partial charge in [0.15, 0.2) is 0 Å². The predicted molar refractivity (Wildman–Crippen MR) is 87.2 cm³/mol. The monoisotopic (exact) mass is 339 g/mol. The first kappa shape index (κ1) is 15.8. The maximum atomic E-state index is 12.6. The summed E-state index contributed by atoms with van der Waals surface area (Å²) < 4.78 is 0. The van der Waals surface area contributed by atoms with Crippen LogP contribution in [0.1, 0.15) is 37.7 Å². The zero-order chi connectivity index (χ0) is 15.7. The highest BCUT2D eigenvalue weighted by Crippen LogP contribution is 2.31. The molecule has 1 saturated heterocycles. The molecule has 1 saturated carbocycles. The molecule has 5 heteroatoms. The summed E-state index contributed by atoms with van der Waals surface area (Å²) in [5.41, 5.74) is 0.977. The maximum absolute atomic E-state index is 12.6. The smallest absolute Gasteiger partial charge is 0.226 e. The van der Waals surface area contributed by atoms with E-state index in [1.165, 1.54) is 0 Å². The van der Waals surface area contributed by atoms with Crippen molar-refractivity contribution in [2.45, 2.75) is 44.6 Å². The summed E-state index contributed by atoms with van der Waals surface area (Å²) in [6.07, 6.45) is 4.39. The SMILES string of the molecule is O=C1CCC(N2CCC(Cc3ccc(Cl)cc3Cl)C2=O)CC1. The number of ketones is 1. The molecule has 0 spiro atoms. The Morgan fingerprint density at radius 3 is 2.50 bits per heavy atom. The number of carbonyl (C=O) groups is 2. The van der Waals surface area contributed by atoms with Crippen molar-refractivity contribution in [2.24, 2.45) is 5.92 Å². The second kappa shape index (κ2) is 6.59. The molecule has 1 aliphatic carbocycles. The Bertz CT molecular complexity index is 592. The van der Waals surface area contributed by atoms with Gasteiger partial charge in [0.2, 0.25) is 5.91 Å². The molecule has 1 unspecified atom stereocenters. The number of halogens is 2. The van der Waals surface area contributed by atoms with E-state index >= 15 is 0 Å². The quantitative estimate of drug-likeness (QED) is 0.837. The number of Topliss-reactive ketones (excluding diaryl/α,β-unsaturated/α-hetero) is 1. The molecule has 2 fully saturated rings. The molecule has 0 radical (unpaired) electrons. The van der Waals surface area contributed by atoms with Crippen LogP contribution in [0.5, 0.6) is 0 Å². The van der Waals surface area contributed by atoms with E-state index in [0.29, 0.717) is 35.1 Å². The van der Waals surface area contributed by atoms with Gasteiger partial charge < -0.3 is 4.90 Å². The van der Waals surface area contributed by atoms with Gasteiger partial charge in [0, 0.05) is 41.4 Å². The molecular weight excluding hydrogens is 321 g/mol. The minimum Gasteiger partial charge on any atom is -0.339 e. The van der Waals surface area contributed by atoms with Crippen LogP contribution in [-0.4, -0.2) is 29.2 Å². The van der Waals surface area contributed by atoms with Crippen LogP contribution in [0, 0.1) is 5.92 Å². The van der Waals surface area contributed by atoms with Gasteiger partial charge in [0.1, 0.15) is 5.78 Å². The Balaban J connectivity index is 1.65. The van der Waals surface area contributed by atoms with Gasteiger partial charge in [-0.1, -0.05) is 29.3 Å². The summed E-state index contributed by atoms with van der Waals surface area (Å²) >= 11 is 12.1. The molecule has 3 nitrogen and oxygen atoms in total. The third-order valence-electron chi connectivity index (χ3n) is 4.79. The van der Waals surface area contributed by atoms with E-state index < -0.39 is 0 Å². The van der Waals surface area contributed by atoms with Crippen molar-refractivity contribution in [3.63, 3.8) is 0 Å². The van der Waals surface area contributed by atoms with E-state index in [4.69, 9.17) is 23.2 Å². The molecule has 0 aromatic heterocycles. The Morgan fingerprint density at radius 2 is 1.82 bits per heavy atom. The number of nitrogens with zero attached hydrogens (tertiary/aromatic N) is 1. The van der Waals surface area contributed by atoms with Gasteiger partial charge in [0.05, 0.1) is 0 Å². The second-order valence-corrected chi connectivity index (χ2v) is 7.07. The number of carbonyl (C=O) groups excluding carboxylic acids is 2. The van der Waals surface area contributed by atoms with Gasteiger partial charge >= 0.3 is 0 Å². The van der Waals surface area contributed by atoms with Gasteiger partial charge in [-0.05, 0) is 43.4 Å². The first-order chi connectivity index (χ1) is 10.5. The lowest BCUT2D eigenvalue weighted by atomic mass is 9.93. The molecule has 1 amide bonds. The third kappa shape index (κ3) is 3.31. The van der Waals surface area contributed by atoms with Crippen molar-refractivity contribution in [1.82, 2.24) is 4.90 Å². The number of likely N-dealkylation sites (tertiary alicyclic amines) is 1. The Hall–Kier alpha value is -1.06. The normalized spacial score (nSPS) is 23.4. The Morgan fingerprint density at radius 1 is 1.09 bits per heavy atom. The molecular formula is C17H19Cl2NO2. The van der Waals surface area contributed by atoms with Crippen LogP contribution in [0.2, 0.25) is 10.0 Å². The van der Waals surface area contributed by atoms with Gasteiger partial charge in [-0.25, -0.2) is 0 Å². The van der Waals surface area contributed by atoms with Crippen LogP contribution in [-0.2, 0) is 16.0 Å². The summed E-state index contributed by atoms with van der Waals surface area (Å²) in [5.74, 6) is 0.536. The predicted octanol–water partition coefficient (Wildman–Crippen LogP) is 3.90. The topological polar surface area (TPSA) is 37.4 Å². The highest BCUT2D eigenvalue weighted by atomic mass is 35.5. The van der Waals surface area contributed by atoms with E-state index in [2.05, 4.69) is 0 Å². The molecule has 0 bridgehead atoms. The molecule has 1 heterocycles. The molecule has 22 heavy (non-hydrogen) atoms. The maximum Gasteiger partial charge on any atom is 0.226 e. The lowest BCUT2D eigenvalue weighted by molar-refractivity contribution is -0.135. The number of rotatable bonds is 3. The first-order valence-electron chi connectivity index (χ1n) is 7.80. The average Bonchev–Trinajstić information content (AvgIpc) is 2.84. The van der Waals surface area contributed by atoms with E-state index in [1.54, 1.807) is 6.07 Å². The van der Waals surface area contributed by atoms with Crippen LogP contribution in [0.25, 0.3) is 0 Å². The summed E-state index contributed by atoms with van der Waals surface area (Å²) in [7, 11) is 0. The van der Waals surface area contributed by atoms with Crippen molar-refractivity contribution in [2.75, 3.05) is 6.54 Å². The van der Waals surface area contributed by atoms with Crippen molar-refractivity contribution >= 4 is 34.9 Å². The van der Waals surface area contributed by atoms with Crippen molar-refractivity contribution in [3.05, 3.63) is 33.8 Å². The zero-order valence-electron chi connectivity index (χ0n) is 12.4.